The summed E-state index contributed by atoms with van der Waals surface area (Å²) in [6.45, 7) is -0.0504. The number of hydrogen-bond acceptors (Lipinski definition) is 4. The first kappa shape index (κ1) is 21.5. The minimum atomic E-state index is -0.802. The number of amides is 2. The van der Waals surface area contributed by atoms with Gasteiger partial charge in [-0.2, -0.15) is 5.26 Å². The van der Waals surface area contributed by atoms with E-state index in [1.54, 1.807) is 0 Å². The van der Waals surface area contributed by atoms with Crippen LogP contribution in [0, 0.1) is 11.3 Å². The van der Waals surface area contributed by atoms with E-state index in [0.29, 0.717) is 18.5 Å². The van der Waals surface area contributed by atoms with Crippen LogP contribution in [0.25, 0.3) is 0 Å². The SMILES string of the molecule is N#CC1(NC(=O)CNC(C(=O)Nc2ccccc2)c2ccccc2)CCCCCC1. The summed E-state index contributed by atoms with van der Waals surface area (Å²) in [5, 5.41) is 18.6. The Morgan fingerprint density at radius 2 is 1.53 bits per heavy atom. The minimum absolute atomic E-state index is 0.0504. The Hall–Kier alpha value is -3.17. The lowest BCUT2D eigenvalue weighted by Gasteiger charge is -2.27. The molecule has 1 fully saturated rings. The second-order valence-corrected chi connectivity index (χ2v) is 7.74. The molecule has 1 saturated carbocycles. The Balaban J connectivity index is 1.66. The Bertz CT molecular complexity index is 869. The highest BCUT2D eigenvalue weighted by atomic mass is 16.2. The molecular weight excluding hydrogens is 376 g/mol. The number of hydrogen-bond donors (Lipinski definition) is 3. The monoisotopic (exact) mass is 404 g/mol. The van der Waals surface area contributed by atoms with Crippen molar-refractivity contribution in [2.24, 2.45) is 0 Å². The number of benzene rings is 2. The lowest BCUT2D eigenvalue weighted by Crippen LogP contribution is -2.50. The Labute approximate surface area is 177 Å². The smallest absolute Gasteiger partial charge is 0.246 e. The van der Waals surface area contributed by atoms with Gasteiger partial charge in [0.25, 0.3) is 0 Å². The molecule has 1 aliphatic rings. The highest BCUT2D eigenvalue weighted by Crippen LogP contribution is 2.26. The van der Waals surface area contributed by atoms with E-state index >= 15 is 0 Å². The first-order valence-corrected chi connectivity index (χ1v) is 10.5. The van der Waals surface area contributed by atoms with E-state index < -0.39 is 11.6 Å². The van der Waals surface area contributed by atoms with Crippen molar-refractivity contribution >= 4 is 17.5 Å². The van der Waals surface area contributed by atoms with Gasteiger partial charge in [0.2, 0.25) is 11.8 Å². The molecule has 6 heteroatoms. The van der Waals surface area contributed by atoms with Crippen molar-refractivity contribution < 1.29 is 9.59 Å². The standard InChI is InChI=1S/C24H28N4O2/c25-18-24(15-9-1-2-10-16-24)28-21(29)17-26-22(19-11-5-3-6-12-19)23(30)27-20-13-7-4-8-14-20/h3-8,11-14,22,26H,1-2,9-10,15-17H2,(H,27,30)(H,28,29). The van der Waals surface area contributed by atoms with Crippen LogP contribution in [-0.2, 0) is 9.59 Å². The first-order chi connectivity index (χ1) is 14.6. The molecule has 2 aromatic carbocycles. The van der Waals surface area contributed by atoms with E-state index in [2.05, 4.69) is 22.0 Å². The number of carbonyl (C=O) groups excluding carboxylic acids is 2. The Morgan fingerprint density at radius 1 is 0.933 bits per heavy atom. The topological polar surface area (TPSA) is 94.0 Å². The molecule has 0 aliphatic heterocycles. The third-order valence-electron chi connectivity index (χ3n) is 5.45. The molecule has 3 rings (SSSR count). The van der Waals surface area contributed by atoms with Crippen LogP contribution in [0.5, 0.6) is 0 Å². The molecule has 0 spiro atoms. The molecule has 0 aromatic heterocycles. The average molecular weight is 405 g/mol. The summed E-state index contributed by atoms with van der Waals surface area (Å²) in [6.07, 6.45) is 5.40. The van der Waals surface area contributed by atoms with Gasteiger partial charge in [-0.25, -0.2) is 0 Å². The second-order valence-electron chi connectivity index (χ2n) is 7.74. The summed E-state index contributed by atoms with van der Waals surface area (Å²) < 4.78 is 0. The molecule has 6 nitrogen and oxygen atoms in total. The van der Waals surface area contributed by atoms with Crippen LogP contribution in [0.3, 0.4) is 0 Å². The molecule has 2 aromatic rings. The molecule has 3 N–H and O–H groups in total. The zero-order chi connectivity index (χ0) is 21.2. The maximum Gasteiger partial charge on any atom is 0.246 e. The highest BCUT2D eigenvalue weighted by molar-refractivity contribution is 5.96. The predicted molar refractivity (Wildman–Crippen MR) is 116 cm³/mol. The zero-order valence-corrected chi connectivity index (χ0v) is 17.1. The van der Waals surface area contributed by atoms with Gasteiger partial charge in [-0.05, 0) is 30.5 Å². The summed E-state index contributed by atoms with van der Waals surface area (Å²) >= 11 is 0. The van der Waals surface area contributed by atoms with Crippen molar-refractivity contribution in [3.05, 3.63) is 66.2 Å². The second kappa shape index (κ2) is 10.6. The van der Waals surface area contributed by atoms with E-state index in [4.69, 9.17) is 0 Å². The first-order valence-electron chi connectivity index (χ1n) is 10.5. The number of para-hydroxylation sites is 1. The van der Waals surface area contributed by atoms with Gasteiger partial charge >= 0.3 is 0 Å². The van der Waals surface area contributed by atoms with Gasteiger partial charge < -0.3 is 10.6 Å². The zero-order valence-electron chi connectivity index (χ0n) is 17.1. The van der Waals surface area contributed by atoms with Gasteiger partial charge in [-0.1, -0.05) is 74.2 Å². The number of carbonyl (C=O) groups is 2. The van der Waals surface area contributed by atoms with Crippen molar-refractivity contribution in [2.75, 3.05) is 11.9 Å². The number of anilines is 1. The largest absolute Gasteiger partial charge is 0.337 e. The van der Waals surface area contributed by atoms with Crippen molar-refractivity contribution in [3.63, 3.8) is 0 Å². The number of nitriles is 1. The molecule has 30 heavy (non-hydrogen) atoms. The summed E-state index contributed by atoms with van der Waals surface area (Å²) in [5.74, 6) is -0.517. The number of nitrogens with zero attached hydrogens (tertiary/aromatic N) is 1. The third-order valence-corrected chi connectivity index (χ3v) is 5.45. The van der Waals surface area contributed by atoms with E-state index in [1.165, 1.54) is 0 Å². The maximum absolute atomic E-state index is 12.9. The van der Waals surface area contributed by atoms with Crippen LogP contribution < -0.4 is 16.0 Å². The molecule has 2 amide bonds. The molecule has 1 unspecified atom stereocenters. The lowest BCUT2D eigenvalue weighted by atomic mass is 9.92. The summed E-state index contributed by atoms with van der Waals surface area (Å²) in [5.41, 5.74) is 0.656. The maximum atomic E-state index is 12.9. The van der Waals surface area contributed by atoms with E-state index in [0.717, 1.165) is 31.2 Å². The van der Waals surface area contributed by atoms with Crippen LogP contribution in [-0.4, -0.2) is 23.9 Å². The van der Waals surface area contributed by atoms with Gasteiger partial charge in [0.05, 0.1) is 12.6 Å². The fourth-order valence-electron chi connectivity index (χ4n) is 3.85. The van der Waals surface area contributed by atoms with E-state index in [-0.39, 0.29) is 18.4 Å². The molecule has 0 heterocycles. The van der Waals surface area contributed by atoms with Gasteiger partial charge in [0.1, 0.15) is 11.6 Å². The van der Waals surface area contributed by atoms with Crippen LogP contribution in [0.15, 0.2) is 60.7 Å². The highest BCUT2D eigenvalue weighted by Gasteiger charge is 2.32. The summed E-state index contributed by atoms with van der Waals surface area (Å²) in [6, 6.07) is 20.1. The van der Waals surface area contributed by atoms with Crippen molar-refractivity contribution in [3.8, 4) is 6.07 Å². The van der Waals surface area contributed by atoms with Gasteiger partial charge in [-0.15, -0.1) is 0 Å². The quantitative estimate of drug-likeness (QED) is 0.614. The van der Waals surface area contributed by atoms with Crippen molar-refractivity contribution in [1.29, 1.82) is 5.26 Å². The fourth-order valence-corrected chi connectivity index (χ4v) is 3.85. The number of nitrogens with one attached hydrogen (secondary N) is 3. The molecule has 1 aliphatic carbocycles. The van der Waals surface area contributed by atoms with Gasteiger partial charge in [0, 0.05) is 5.69 Å². The molecule has 1 atom stereocenters. The van der Waals surface area contributed by atoms with Crippen LogP contribution in [0.1, 0.15) is 50.1 Å². The van der Waals surface area contributed by atoms with E-state index in [1.807, 2.05) is 60.7 Å². The third kappa shape index (κ3) is 5.91. The Morgan fingerprint density at radius 3 is 2.13 bits per heavy atom. The van der Waals surface area contributed by atoms with Crippen LogP contribution in [0.2, 0.25) is 0 Å². The Kier molecular flexibility index (Phi) is 7.58. The molecule has 0 saturated heterocycles. The predicted octanol–water partition coefficient (Wildman–Crippen LogP) is 3.69. The number of rotatable bonds is 7. The van der Waals surface area contributed by atoms with Gasteiger partial charge in [0.15, 0.2) is 0 Å². The molecular formula is C24H28N4O2. The van der Waals surface area contributed by atoms with Gasteiger partial charge in [-0.3, -0.25) is 14.9 Å². The van der Waals surface area contributed by atoms with Crippen molar-refractivity contribution in [2.45, 2.75) is 50.1 Å². The van der Waals surface area contributed by atoms with Crippen LogP contribution >= 0.6 is 0 Å². The summed E-state index contributed by atoms with van der Waals surface area (Å²) in [7, 11) is 0. The van der Waals surface area contributed by atoms with Crippen molar-refractivity contribution in [1.82, 2.24) is 10.6 Å². The van der Waals surface area contributed by atoms with Crippen LogP contribution in [0.4, 0.5) is 5.69 Å². The molecule has 156 valence electrons. The fraction of sp³-hybridized carbons (Fsp3) is 0.375. The van der Waals surface area contributed by atoms with E-state index in [9.17, 15) is 14.9 Å². The summed E-state index contributed by atoms with van der Waals surface area (Å²) in [4.78, 5) is 25.6. The minimum Gasteiger partial charge on any atom is -0.337 e. The lowest BCUT2D eigenvalue weighted by molar-refractivity contribution is -0.122. The normalized spacial score (nSPS) is 16.5. The average Bonchev–Trinajstić information content (AvgIpc) is 3.01. The molecule has 0 bridgehead atoms. The molecule has 0 radical (unpaired) electrons.